The number of terminal acetylenes is 1. The summed E-state index contributed by atoms with van der Waals surface area (Å²) in [6.45, 7) is -2.03. The Kier molecular flexibility index (Phi) is 2.15. The topological polar surface area (TPSA) is 18.5 Å². The van der Waals surface area contributed by atoms with Gasteiger partial charge in [0, 0.05) is 7.11 Å². The predicted octanol–water partition coefficient (Wildman–Crippen LogP) is 1.49. The molecule has 0 amide bonds. The van der Waals surface area contributed by atoms with Gasteiger partial charge in [0.25, 0.3) is 0 Å². The predicted molar refractivity (Wildman–Crippen MR) is 44.2 cm³/mol. The van der Waals surface area contributed by atoms with Crippen molar-refractivity contribution >= 4 is 18.3 Å². The van der Waals surface area contributed by atoms with E-state index in [0.29, 0.717) is 11.9 Å². The normalized spacial score (nSPS) is 30.6. The van der Waals surface area contributed by atoms with Crippen molar-refractivity contribution < 1.29 is 9.05 Å². The van der Waals surface area contributed by atoms with E-state index < -0.39 is 6.49 Å². The zero-order chi connectivity index (χ0) is 7.61. The molecule has 0 aromatic rings. The van der Waals surface area contributed by atoms with Gasteiger partial charge in [-0.1, -0.05) is 0 Å². The Balaban J connectivity index is 2.70. The highest BCUT2D eigenvalue weighted by atomic mass is 32.5. The second-order valence-corrected chi connectivity index (χ2v) is 5.58. The molecule has 0 aromatic heterocycles. The molecule has 0 fully saturated rings. The fraction of sp³-hybridized carbons (Fsp3) is 0.333. The molecule has 0 aromatic carbocycles. The first kappa shape index (κ1) is 7.81. The van der Waals surface area contributed by atoms with Gasteiger partial charge in [0.1, 0.15) is 0 Å². The first-order chi connectivity index (χ1) is 4.70. The molecule has 10 heavy (non-hydrogen) atoms. The molecule has 0 bridgehead atoms. The van der Waals surface area contributed by atoms with Crippen molar-refractivity contribution in [1.82, 2.24) is 0 Å². The molecular weight excluding hydrogens is 167 g/mol. The molecule has 1 aliphatic heterocycles. The lowest BCUT2D eigenvalue weighted by molar-refractivity contribution is 0.366. The molecule has 2 nitrogen and oxygen atoms in total. The number of hydrogen-bond acceptors (Lipinski definition) is 3. The molecule has 1 unspecified atom stereocenters. The monoisotopic (exact) mass is 174 g/mol. The molecule has 1 heterocycles. The molecule has 0 aliphatic carbocycles. The van der Waals surface area contributed by atoms with Crippen LogP contribution >= 0.6 is 6.49 Å². The van der Waals surface area contributed by atoms with E-state index >= 15 is 0 Å². The maximum Gasteiger partial charge on any atom is 0.242 e. The third kappa shape index (κ3) is 1.41. The molecule has 1 atom stereocenters. The summed E-state index contributed by atoms with van der Waals surface area (Å²) in [5.74, 6) is 2.89. The van der Waals surface area contributed by atoms with Crippen molar-refractivity contribution in [3.8, 4) is 12.3 Å². The fourth-order valence-electron chi connectivity index (χ4n) is 0.616. The molecule has 0 N–H and O–H groups in total. The van der Waals surface area contributed by atoms with Gasteiger partial charge >= 0.3 is 0 Å². The van der Waals surface area contributed by atoms with E-state index in [1.807, 2.05) is 0 Å². The Bertz CT molecular complexity index is 251. The van der Waals surface area contributed by atoms with Gasteiger partial charge in [0.2, 0.25) is 6.49 Å². The van der Waals surface area contributed by atoms with Gasteiger partial charge in [-0.25, -0.2) is 0 Å². The Hall–Kier alpha value is -0.290. The van der Waals surface area contributed by atoms with E-state index in [2.05, 4.69) is 5.92 Å². The number of allylic oxidation sites excluding steroid dienone is 2. The second-order valence-electron chi connectivity index (χ2n) is 1.78. The summed E-state index contributed by atoms with van der Waals surface area (Å²) in [5, 5.41) is 0. The van der Waals surface area contributed by atoms with Crippen LogP contribution in [0.5, 0.6) is 0 Å². The molecule has 0 saturated carbocycles. The van der Waals surface area contributed by atoms with Crippen LogP contribution in [-0.2, 0) is 20.9 Å². The second kappa shape index (κ2) is 2.75. The highest BCUT2D eigenvalue weighted by molar-refractivity contribution is 8.10. The summed E-state index contributed by atoms with van der Waals surface area (Å²) < 4.78 is 10.2. The van der Waals surface area contributed by atoms with Crippen LogP contribution in [0.3, 0.4) is 0 Å². The van der Waals surface area contributed by atoms with Crippen LogP contribution in [0, 0.1) is 12.3 Å². The molecule has 4 heteroatoms. The van der Waals surface area contributed by atoms with E-state index in [-0.39, 0.29) is 0 Å². The summed E-state index contributed by atoms with van der Waals surface area (Å²) in [4.78, 5) is 0. The zero-order valence-electron chi connectivity index (χ0n) is 5.53. The molecule has 0 radical (unpaired) electrons. The molecule has 54 valence electrons. The van der Waals surface area contributed by atoms with Gasteiger partial charge in [-0.2, -0.15) is 0 Å². The minimum absolute atomic E-state index is 0.519. The van der Waals surface area contributed by atoms with Crippen molar-refractivity contribution in [3.05, 3.63) is 11.8 Å². The molecule has 1 aliphatic rings. The third-order valence-electron chi connectivity index (χ3n) is 1.16. The van der Waals surface area contributed by atoms with Gasteiger partial charge in [0.05, 0.1) is 6.16 Å². The smallest absolute Gasteiger partial charge is 0.242 e. The van der Waals surface area contributed by atoms with Crippen LogP contribution in [0.2, 0.25) is 0 Å². The third-order valence-corrected chi connectivity index (χ3v) is 3.94. The molecule has 1 rings (SSSR count). The van der Waals surface area contributed by atoms with Crippen LogP contribution in [0.15, 0.2) is 11.8 Å². The minimum Gasteiger partial charge on any atom is -0.435 e. The largest absolute Gasteiger partial charge is 0.435 e. The number of rotatable bonds is 1. The quantitative estimate of drug-likeness (QED) is 0.443. The number of hydrogen-bond donors (Lipinski definition) is 0. The van der Waals surface area contributed by atoms with Crippen molar-refractivity contribution in [2.24, 2.45) is 0 Å². The Morgan fingerprint density at radius 3 is 3.00 bits per heavy atom. The van der Waals surface area contributed by atoms with Gasteiger partial charge in [-0.3, -0.25) is 0 Å². The van der Waals surface area contributed by atoms with Crippen LogP contribution in [0.25, 0.3) is 0 Å². The van der Waals surface area contributed by atoms with Gasteiger partial charge < -0.3 is 9.05 Å². The van der Waals surface area contributed by atoms with E-state index in [9.17, 15) is 0 Å². The maximum atomic E-state index is 5.18. The molecule has 0 spiro atoms. The van der Waals surface area contributed by atoms with E-state index in [1.165, 1.54) is 0 Å². The summed E-state index contributed by atoms with van der Waals surface area (Å²) in [6.07, 6.45) is 7.53. The summed E-state index contributed by atoms with van der Waals surface area (Å²) >= 11 is 5.03. The van der Waals surface area contributed by atoms with Crippen LogP contribution in [0.4, 0.5) is 0 Å². The maximum absolute atomic E-state index is 5.18. The van der Waals surface area contributed by atoms with Crippen molar-refractivity contribution in [2.45, 2.75) is 0 Å². The summed E-state index contributed by atoms with van der Waals surface area (Å²) in [6, 6.07) is 0. The fourth-order valence-corrected chi connectivity index (χ4v) is 2.20. The first-order valence-corrected chi connectivity index (χ1v) is 5.54. The van der Waals surface area contributed by atoms with Crippen LogP contribution in [0.1, 0.15) is 0 Å². The zero-order valence-corrected chi connectivity index (χ0v) is 7.24. The van der Waals surface area contributed by atoms with E-state index in [0.717, 1.165) is 0 Å². The Morgan fingerprint density at radius 2 is 2.70 bits per heavy atom. The molecular formula is C6H7O2PS. The average molecular weight is 174 g/mol. The van der Waals surface area contributed by atoms with Gasteiger partial charge in [-0.15, -0.1) is 6.42 Å². The first-order valence-electron chi connectivity index (χ1n) is 2.71. The highest BCUT2D eigenvalue weighted by Gasteiger charge is 2.23. The summed E-state index contributed by atoms with van der Waals surface area (Å²) in [7, 11) is 1.55. The van der Waals surface area contributed by atoms with Crippen molar-refractivity contribution in [1.29, 1.82) is 0 Å². The SMILES string of the molecule is C#CC1=CCP(=S)(OC)O1. The standard InChI is InChI=1S/C6H7O2PS/c1-3-6-4-5-9(10,7-2)8-6/h1,4H,5H2,2H3. The van der Waals surface area contributed by atoms with Gasteiger partial charge in [-0.05, 0) is 23.8 Å². The van der Waals surface area contributed by atoms with Crippen LogP contribution in [-0.4, -0.2) is 13.3 Å². The summed E-state index contributed by atoms with van der Waals surface area (Å²) in [5.41, 5.74) is 0. The lowest BCUT2D eigenvalue weighted by atomic mass is 10.5. The molecule has 0 saturated heterocycles. The van der Waals surface area contributed by atoms with Crippen molar-refractivity contribution in [3.63, 3.8) is 0 Å². The lowest BCUT2D eigenvalue weighted by Gasteiger charge is -2.11. The highest BCUT2D eigenvalue weighted by Crippen LogP contribution is 2.53. The Morgan fingerprint density at radius 1 is 2.00 bits per heavy atom. The average Bonchev–Trinajstić information content (AvgIpc) is 2.33. The van der Waals surface area contributed by atoms with Crippen molar-refractivity contribution in [2.75, 3.05) is 13.3 Å². The van der Waals surface area contributed by atoms with E-state index in [1.54, 1.807) is 13.2 Å². The van der Waals surface area contributed by atoms with Gasteiger partial charge in [0.15, 0.2) is 5.76 Å². The Labute approximate surface area is 65.4 Å². The lowest BCUT2D eigenvalue weighted by Crippen LogP contribution is -1.84. The van der Waals surface area contributed by atoms with E-state index in [4.69, 9.17) is 27.3 Å². The van der Waals surface area contributed by atoms with Crippen LogP contribution < -0.4 is 0 Å². The minimum atomic E-state index is -2.03.